The third-order valence-corrected chi connectivity index (χ3v) is 6.05. The first kappa shape index (κ1) is 18.6. The van der Waals surface area contributed by atoms with Crippen molar-refractivity contribution in [3.8, 4) is 0 Å². The van der Waals surface area contributed by atoms with Gasteiger partial charge in [-0.3, -0.25) is 14.1 Å². The molecular weight excluding hydrogens is 371 g/mol. The van der Waals surface area contributed by atoms with Crippen molar-refractivity contribution in [3.63, 3.8) is 0 Å². The van der Waals surface area contributed by atoms with E-state index < -0.39 is 17.7 Å². The zero-order valence-corrected chi connectivity index (χ0v) is 15.1. The average Bonchev–Trinajstić information content (AvgIpc) is 3.22. The lowest BCUT2D eigenvalue weighted by Crippen LogP contribution is -2.24. The number of fused-ring (bicyclic) bond motifs is 1. The van der Waals surface area contributed by atoms with E-state index in [2.05, 4.69) is 9.88 Å². The van der Waals surface area contributed by atoms with Crippen LogP contribution in [0.5, 0.6) is 0 Å². The summed E-state index contributed by atoms with van der Waals surface area (Å²) >= 11 is 3.40. The van der Waals surface area contributed by atoms with Crippen molar-refractivity contribution >= 4 is 35.0 Å². The molecule has 2 aromatic rings. The van der Waals surface area contributed by atoms with Crippen LogP contribution in [0.2, 0.25) is 0 Å². The number of carbonyl (C=O) groups excluding carboxylic acids is 1. The van der Waals surface area contributed by atoms with Gasteiger partial charge in [-0.2, -0.15) is 13.2 Å². The molecule has 0 amide bonds. The van der Waals surface area contributed by atoms with Crippen LogP contribution in [0.25, 0.3) is 5.65 Å². The molecule has 136 valence electrons. The van der Waals surface area contributed by atoms with Crippen LogP contribution >= 0.6 is 23.5 Å². The Bertz CT molecular complexity index is 742. The molecule has 0 aliphatic carbocycles. The Hall–Kier alpha value is -1.19. The van der Waals surface area contributed by atoms with E-state index >= 15 is 0 Å². The fourth-order valence-electron chi connectivity index (χ4n) is 2.67. The number of rotatable bonds is 7. The highest BCUT2D eigenvalue weighted by Gasteiger charge is 2.41. The first-order valence-electron chi connectivity index (χ1n) is 7.98. The lowest BCUT2D eigenvalue weighted by molar-refractivity contribution is -0.0889. The molecule has 0 spiro atoms. The minimum atomic E-state index is -4.90. The Morgan fingerprint density at radius 2 is 2.16 bits per heavy atom. The number of carbonyl (C=O) groups is 1. The van der Waals surface area contributed by atoms with Crippen molar-refractivity contribution in [3.05, 3.63) is 30.1 Å². The highest BCUT2D eigenvalue weighted by Crippen LogP contribution is 2.27. The summed E-state index contributed by atoms with van der Waals surface area (Å²) < 4.78 is 39.6. The number of Topliss-reactive ketones (excluding diaryl/α,β-unsaturated/α-hetero) is 1. The first-order valence-corrected chi connectivity index (χ1v) is 10.1. The summed E-state index contributed by atoms with van der Waals surface area (Å²) in [6.45, 7) is 2.19. The predicted molar refractivity (Wildman–Crippen MR) is 94.4 cm³/mol. The van der Waals surface area contributed by atoms with Crippen molar-refractivity contribution < 1.29 is 18.0 Å². The molecule has 3 heterocycles. The molecule has 1 aliphatic rings. The maximum absolute atomic E-state index is 12.8. The zero-order chi connectivity index (χ0) is 17.9. The quantitative estimate of drug-likeness (QED) is 0.407. The normalized spacial score (nSPS) is 16.0. The highest BCUT2D eigenvalue weighted by atomic mass is 32.2. The summed E-state index contributed by atoms with van der Waals surface area (Å²) in [5.74, 6) is 1.20. The van der Waals surface area contributed by atoms with Crippen LogP contribution in [0.1, 0.15) is 23.3 Å². The van der Waals surface area contributed by atoms with Gasteiger partial charge >= 0.3 is 6.18 Å². The van der Waals surface area contributed by atoms with Crippen LogP contribution in [0.15, 0.2) is 29.4 Å². The number of hydrogen-bond donors (Lipinski definition) is 0. The van der Waals surface area contributed by atoms with Gasteiger partial charge in [0, 0.05) is 18.2 Å². The number of ketones is 1. The molecule has 4 nitrogen and oxygen atoms in total. The number of thioether (sulfide) groups is 2. The largest absolute Gasteiger partial charge is 0.456 e. The van der Waals surface area contributed by atoms with Crippen molar-refractivity contribution in [1.82, 2.24) is 14.3 Å². The van der Waals surface area contributed by atoms with Crippen LogP contribution in [0.3, 0.4) is 0 Å². The van der Waals surface area contributed by atoms with E-state index in [0.29, 0.717) is 10.7 Å². The molecule has 3 rings (SSSR count). The van der Waals surface area contributed by atoms with E-state index in [1.54, 1.807) is 18.2 Å². The van der Waals surface area contributed by atoms with Gasteiger partial charge in [-0.1, -0.05) is 6.07 Å². The molecule has 0 saturated carbocycles. The Balaban J connectivity index is 1.64. The monoisotopic (exact) mass is 389 g/mol. The van der Waals surface area contributed by atoms with E-state index in [-0.39, 0.29) is 0 Å². The lowest BCUT2D eigenvalue weighted by Gasteiger charge is -2.13. The molecule has 9 heteroatoms. The maximum atomic E-state index is 12.8. The van der Waals surface area contributed by atoms with Crippen LogP contribution in [0.4, 0.5) is 13.2 Å². The Kier molecular flexibility index (Phi) is 5.96. The molecular formula is C16H18F3N3OS2. The number of imidazole rings is 1. The maximum Gasteiger partial charge on any atom is 0.456 e. The molecule has 1 saturated heterocycles. The Labute approximate surface area is 152 Å². The van der Waals surface area contributed by atoms with Crippen LogP contribution < -0.4 is 0 Å². The van der Waals surface area contributed by atoms with Gasteiger partial charge in [-0.15, -0.1) is 23.5 Å². The first-order chi connectivity index (χ1) is 12.0. The van der Waals surface area contributed by atoms with Crippen molar-refractivity contribution in [2.24, 2.45) is 0 Å². The number of hydrogen-bond acceptors (Lipinski definition) is 5. The van der Waals surface area contributed by atoms with Gasteiger partial charge in [0.15, 0.2) is 0 Å². The molecule has 0 aromatic carbocycles. The second-order valence-corrected chi connectivity index (χ2v) is 7.93. The third kappa shape index (κ3) is 4.51. The minimum Gasteiger partial charge on any atom is -0.293 e. The van der Waals surface area contributed by atoms with Gasteiger partial charge < -0.3 is 0 Å². The summed E-state index contributed by atoms with van der Waals surface area (Å²) in [6.07, 6.45) is -1.87. The molecule has 0 unspecified atom stereocenters. The standard InChI is InChI=1S/C16H18F3N3OS2/c17-16(18,19)15(23)12-10-20-13-4-3-5-14(22(12)13)25-8-2-1-6-21-7-9-24-11-21/h3-5,10H,1-2,6-9,11H2. The smallest absolute Gasteiger partial charge is 0.293 e. The van der Waals surface area contributed by atoms with E-state index in [4.69, 9.17) is 0 Å². The average molecular weight is 389 g/mol. The van der Waals surface area contributed by atoms with E-state index in [1.165, 1.54) is 21.9 Å². The Morgan fingerprint density at radius 3 is 2.88 bits per heavy atom. The number of nitrogens with zero attached hydrogens (tertiary/aromatic N) is 3. The lowest BCUT2D eigenvalue weighted by atomic mass is 10.3. The summed E-state index contributed by atoms with van der Waals surface area (Å²) in [5.41, 5.74) is -0.0774. The molecule has 0 atom stereocenters. The van der Waals surface area contributed by atoms with Crippen molar-refractivity contribution in [2.45, 2.75) is 24.0 Å². The molecule has 1 aliphatic heterocycles. The number of alkyl halides is 3. The second-order valence-electron chi connectivity index (χ2n) is 5.74. The summed E-state index contributed by atoms with van der Waals surface area (Å²) in [4.78, 5) is 18.0. The van der Waals surface area contributed by atoms with Gasteiger partial charge in [0.25, 0.3) is 5.78 Å². The number of pyridine rings is 1. The van der Waals surface area contributed by atoms with Crippen molar-refractivity contribution in [1.29, 1.82) is 0 Å². The van der Waals surface area contributed by atoms with E-state index in [9.17, 15) is 18.0 Å². The highest BCUT2D eigenvalue weighted by molar-refractivity contribution is 7.99. The van der Waals surface area contributed by atoms with Crippen LogP contribution in [0, 0.1) is 0 Å². The fraction of sp³-hybridized carbons (Fsp3) is 0.500. The topological polar surface area (TPSA) is 37.6 Å². The Morgan fingerprint density at radius 1 is 1.32 bits per heavy atom. The van der Waals surface area contributed by atoms with E-state index in [1.807, 2.05) is 11.8 Å². The summed E-state index contributed by atoms with van der Waals surface area (Å²) in [7, 11) is 0. The van der Waals surface area contributed by atoms with Crippen LogP contribution in [-0.2, 0) is 0 Å². The van der Waals surface area contributed by atoms with Crippen molar-refractivity contribution in [2.75, 3.05) is 30.5 Å². The zero-order valence-electron chi connectivity index (χ0n) is 13.5. The van der Waals surface area contributed by atoms with Gasteiger partial charge in [0.1, 0.15) is 11.3 Å². The number of aromatic nitrogens is 2. The molecule has 0 bridgehead atoms. The second kappa shape index (κ2) is 8.01. The number of halogens is 3. The summed E-state index contributed by atoms with van der Waals surface area (Å²) in [6, 6.07) is 5.07. The number of unbranched alkanes of at least 4 members (excludes halogenated alkanes) is 1. The van der Waals surface area contributed by atoms with Gasteiger partial charge in [-0.05, 0) is 37.3 Å². The SMILES string of the molecule is O=C(c1cnc2cccc(SCCCCN3CCSC3)n12)C(F)(F)F. The van der Waals surface area contributed by atoms with Gasteiger partial charge in [0.2, 0.25) is 0 Å². The molecule has 1 fully saturated rings. The van der Waals surface area contributed by atoms with Gasteiger partial charge in [0.05, 0.1) is 11.2 Å². The minimum absolute atomic E-state index is 0.353. The third-order valence-electron chi connectivity index (χ3n) is 3.93. The molecule has 0 N–H and O–H groups in total. The predicted octanol–water partition coefficient (Wildman–Crippen LogP) is 3.96. The molecule has 0 radical (unpaired) electrons. The fourth-order valence-corrected chi connectivity index (χ4v) is 4.75. The molecule has 25 heavy (non-hydrogen) atoms. The summed E-state index contributed by atoms with van der Waals surface area (Å²) in [5, 5.41) is 0.610. The van der Waals surface area contributed by atoms with Crippen LogP contribution in [-0.4, -0.2) is 56.7 Å². The van der Waals surface area contributed by atoms with Gasteiger partial charge in [-0.25, -0.2) is 4.98 Å². The van der Waals surface area contributed by atoms with E-state index in [0.717, 1.165) is 43.8 Å². The molecule has 2 aromatic heterocycles.